The minimum atomic E-state index is 0.310. The highest BCUT2D eigenvalue weighted by molar-refractivity contribution is 6.29. The monoisotopic (exact) mass is 425 g/mol. The molecule has 31 heavy (non-hydrogen) atoms. The summed E-state index contributed by atoms with van der Waals surface area (Å²) in [5.41, 5.74) is 5.83. The van der Waals surface area contributed by atoms with Crippen molar-refractivity contribution in [3.8, 4) is 11.1 Å². The van der Waals surface area contributed by atoms with Gasteiger partial charge in [-0.05, 0) is 71.3 Å². The van der Waals surface area contributed by atoms with E-state index >= 15 is 0 Å². The van der Waals surface area contributed by atoms with Crippen molar-refractivity contribution >= 4 is 39.8 Å². The third-order valence-electron chi connectivity index (χ3n) is 6.04. The molecule has 0 spiro atoms. The van der Waals surface area contributed by atoms with Crippen LogP contribution in [0.25, 0.3) is 27.8 Å². The molecule has 0 radical (unpaired) electrons. The highest BCUT2D eigenvalue weighted by Gasteiger charge is 2.23. The lowest BCUT2D eigenvalue weighted by Crippen LogP contribution is -2.13. The number of rotatable bonds is 4. The predicted octanol–water partition coefficient (Wildman–Crippen LogP) is 6.24. The van der Waals surface area contributed by atoms with E-state index in [1.54, 1.807) is 4.40 Å². The maximum Gasteiger partial charge on any atom is 0.258 e. The van der Waals surface area contributed by atoms with E-state index in [0.29, 0.717) is 11.1 Å². The molecule has 152 valence electrons. The van der Waals surface area contributed by atoms with Gasteiger partial charge in [-0.25, -0.2) is 4.40 Å². The predicted molar refractivity (Wildman–Crippen MR) is 125 cm³/mol. The van der Waals surface area contributed by atoms with Gasteiger partial charge in [-0.2, -0.15) is 4.98 Å². The van der Waals surface area contributed by atoms with E-state index in [-0.39, 0.29) is 0 Å². The summed E-state index contributed by atoms with van der Waals surface area (Å²) in [5, 5.41) is 9.43. The normalized spacial score (nSPS) is 13.7. The first-order valence-electron chi connectivity index (χ1n) is 10.4. The fourth-order valence-corrected chi connectivity index (χ4v) is 4.39. The number of hydrogen-bond donors (Lipinski definition) is 0. The van der Waals surface area contributed by atoms with Gasteiger partial charge in [0.1, 0.15) is 5.82 Å². The largest absolute Gasteiger partial charge is 0.329 e. The lowest BCUT2D eigenvalue weighted by molar-refractivity contribution is 1.08. The van der Waals surface area contributed by atoms with Crippen LogP contribution in [0.15, 0.2) is 72.8 Å². The summed E-state index contributed by atoms with van der Waals surface area (Å²) in [6.07, 6.45) is 2.64. The zero-order valence-electron chi connectivity index (χ0n) is 17.0. The van der Waals surface area contributed by atoms with Crippen molar-refractivity contribution in [1.82, 2.24) is 19.6 Å². The van der Waals surface area contributed by atoms with E-state index in [1.165, 1.54) is 29.5 Å². The van der Waals surface area contributed by atoms with Crippen LogP contribution in [0.2, 0.25) is 5.28 Å². The molecule has 0 amide bonds. The molecule has 0 N–H and O–H groups in total. The Labute approximate surface area is 184 Å². The van der Waals surface area contributed by atoms with Crippen LogP contribution >= 0.6 is 11.6 Å². The quantitative estimate of drug-likeness (QED) is 0.341. The summed E-state index contributed by atoms with van der Waals surface area (Å²) < 4.78 is 1.77. The van der Waals surface area contributed by atoms with Crippen molar-refractivity contribution in [3.63, 3.8) is 0 Å². The van der Waals surface area contributed by atoms with E-state index in [2.05, 4.69) is 63.6 Å². The van der Waals surface area contributed by atoms with Crippen LogP contribution in [0, 0.1) is 0 Å². The molecule has 6 rings (SSSR count). The van der Waals surface area contributed by atoms with Gasteiger partial charge in [0, 0.05) is 18.1 Å². The molecule has 5 aromatic rings. The van der Waals surface area contributed by atoms with Crippen molar-refractivity contribution in [2.45, 2.75) is 18.8 Å². The molecule has 1 aliphatic rings. The Morgan fingerprint density at radius 2 is 1.71 bits per heavy atom. The number of halogens is 1. The molecule has 6 heteroatoms. The third-order valence-corrected chi connectivity index (χ3v) is 6.29. The molecule has 2 aromatic heterocycles. The highest BCUT2D eigenvalue weighted by Crippen LogP contribution is 2.40. The third kappa shape index (κ3) is 3.13. The minimum Gasteiger partial charge on any atom is -0.329 e. The highest BCUT2D eigenvalue weighted by atomic mass is 35.5. The molecule has 2 heterocycles. The Kier molecular flexibility index (Phi) is 4.18. The molecule has 0 atom stereocenters. The Hall–Kier alpha value is -3.44. The first-order valence-corrected chi connectivity index (χ1v) is 10.8. The number of aromatic nitrogens is 4. The van der Waals surface area contributed by atoms with Crippen LogP contribution in [-0.4, -0.2) is 26.6 Å². The standard InChI is InChI=1S/C25H20ClN5/c1-30(23-21-7-2-3-8-22(21)31-24(26)28-29-25(31)27-23)20-6-4-5-19(15-20)18-13-11-17(12-14-18)16-9-10-16/h2-8,11-16H,9-10H2,1H3. The minimum absolute atomic E-state index is 0.310. The second-order valence-corrected chi connectivity index (χ2v) is 8.40. The van der Waals surface area contributed by atoms with E-state index in [0.717, 1.165) is 28.3 Å². The molecule has 3 aromatic carbocycles. The lowest BCUT2D eigenvalue weighted by atomic mass is 10.0. The summed E-state index contributed by atoms with van der Waals surface area (Å²) in [7, 11) is 2.03. The SMILES string of the molecule is CN(c1cccc(-c2ccc(C3CC3)cc2)c1)c1nc2nnc(Cl)n2c2ccccc12. The molecule has 1 saturated carbocycles. The van der Waals surface area contributed by atoms with E-state index in [1.807, 2.05) is 31.3 Å². The van der Waals surface area contributed by atoms with Crippen molar-refractivity contribution in [1.29, 1.82) is 0 Å². The van der Waals surface area contributed by atoms with Gasteiger partial charge in [-0.3, -0.25) is 0 Å². The van der Waals surface area contributed by atoms with Crippen molar-refractivity contribution < 1.29 is 0 Å². The number of nitrogens with zero attached hydrogens (tertiary/aromatic N) is 5. The van der Waals surface area contributed by atoms with Crippen LogP contribution < -0.4 is 4.90 Å². The van der Waals surface area contributed by atoms with Gasteiger partial charge in [0.15, 0.2) is 0 Å². The van der Waals surface area contributed by atoms with Crippen molar-refractivity contribution in [2.75, 3.05) is 11.9 Å². The van der Waals surface area contributed by atoms with Crippen LogP contribution in [0.5, 0.6) is 0 Å². The molecule has 5 nitrogen and oxygen atoms in total. The average molecular weight is 426 g/mol. The Morgan fingerprint density at radius 1 is 0.903 bits per heavy atom. The van der Waals surface area contributed by atoms with Crippen LogP contribution in [-0.2, 0) is 0 Å². The Morgan fingerprint density at radius 3 is 2.52 bits per heavy atom. The summed E-state index contributed by atoms with van der Waals surface area (Å²) in [5.74, 6) is 2.07. The average Bonchev–Trinajstić information content (AvgIpc) is 3.61. The van der Waals surface area contributed by atoms with Gasteiger partial charge < -0.3 is 4.90 Å². The summed E-state index contributed by atoms with van der Waals surface area (Å²) >= 11 is 6.26. The van der Waals surface area contributed by atoms with Gasteiger partial charge in [-0.15, -0.1) is 10.2 Å². The summed E-state index contributed by atoms with van der Waals surface area (Å²) in [6.45, 7) is 0. The number of fused-ring (bicyclic) bond motifs is 3. The van der Waals surface area contributed by atoms with Gasteiger partial charge in [0.05, 0.1) is 5.52 Å². The topological polar surface area (TPSA) is 46.3 Å². The van der Waals surface area contributed by atoms with Crippen LogP contribution in [0.3, 0.4) is 0 Å². The number of anilines is 2. The summed E-state index contributed by atoms with van der Waals surface area (Å²) in [6, 6.07) is 25.6. The molecular weight excluding hydrogens is 406 g/mol. The van der Waals surface area contributed by atoms with Crippen LogP contribution in [0.4, 0.5) is 11.5 Å². The van der Waals surface area contributed by atoms with Crippen LogP contribution in [0.1, 0.15) is 24.3 Å². The number of para-hydroxylation sites is 1. The molecule has 0 bridgehead atoms. The molecule has 1 fully saturated rings. The lowest BCUT2D eigenvalue weighted by Gasteiger charge is -2.21. The molecule has 0 aliphatic heterocycles. The van der Waals surface area contributed by atoms with Gasteiger partial charge in [0.25, 0.3) is 5.78 Å². The van der Waals surface area contributed by atoms with E-state index in [9.17, 15) is 0 Å². The fourth-order valence-electron chi connectivity index (χ4n) is 4.19. The van der Waals surface area contributed by atoms with Gasteiger partial charge >= 0.3 is 0 Å². The maximum absolute atomic E-state index is 6.26. The second-order valence-electron chi connectivity index (χ2n) is 8.06. The smallest absolute Gasteiger partial charge is 0.258 e. The first kappa shape index (κ1) is 18.3. The van der Waals surface area contributed by atoms with Crippen molar-refractivity contribution in [3.05, 3.63) is 83.6 Å². The number of benzene rings is 3. The van der Waals surface area contributed by atoms with E-state index < -0.39 is 0 Å². The zero-order valence-corrected chi connectivity index (χ0v) is 17.8. The van der Waals surface area contributed by atoms with Crippen molar-refractivity contribution in [2.24, 2.45) is 0 Å². The maximum atomic E-state index is 6.26. The number of hydrogen-bond acceptors (Lipinski definition) is 4. The molecule has 1 aliphatic carbocycles. The molecule has 0 unspecified atom stereocenters. The zero-order chi connectivity index (χ0) is 20.9. The second kappa shape index (κ2) is 7.06. The summed E-state index contributed by atoms with van der Waals surface area (Å²) in [4.78, 5) is 6.86. The fraction of sp³-hybridized carbons (Fsp3) is 0.160. The molecule has 0 saturated heterocycles. The Bertz CT molecular complexity index is 1420. The molecular formula is C25H20ClN5. The van der Waals surface area contributed by atoms with Gasteiger partial charge in [0.2, 0.25) is 5.28 Å². The first-order chi connectivity index (χ1) is 15.2. The van der Waals surface area contributed by atoms with E-state index in [4.69, 9.17) is 16.6 Å². The van der Waals surface area contributed by atoms with Gasteiger partial charge in [-0.1, -0.05) is 48.5 Å². The Balaban J connectivity index is 1.43.